The monoisotopic (exact) mass is 248 g/mol. The second kappa shape index (κ2) is 5.34. The molecule has 1 aliphatic carbocycles. The number of hydrogen-bond acceptors (Lipinski definition) is 4. The molecule has 2 fully saturated rings. The maximum Gasteiger partial charge on any atom is 0.0780 e. The van der Waals surface area contributed by atoms with Gasteiger partial charge < -0.3 is 9.84 Å². The van der Waals surface area contributed by atoms with E-state index in [2.05, 4.69) is 16.0 Å². The molecule has 1 N–H and O–H groups in total. The van der Waals surface area contributed by atoms with Crippen LogP contribution in [-0.2, 0) is 11.3 Å². The summed E-state index contributed by atoms with van der Waals surface area (Å²) < 4.78 is 5.86. The molecule has 0 aromatic carbocycles. The van der Waals surface area contributed by atoms with E-state index in [0.29, 0.717) is 12.0 Å². The van der Waals surface area contributed by atoms with E-state index in [1.807, 2.05) is 18.5 Å². The van der Waals surface area contributed by atoms with Gasteiger partial charge in [0, 0.05) is 44.0 Å². The van der Waals surface area contributed by atoms with Crippen LogP contribution in [0.4, 0.5) is 0 Å². The van der Waals surface area contributed by atoms with Gasteiger partial charge in [0.25, 0.3) is 0 Å². The Labute approximate surface area is 108 Å². The molecular formula is C14H20N2O2. The first-order chi connectivity index (χ1) is 8.88. The number of aliphatic hydroxyl groups excluding tert-OH is 1. The summed E-state index contributed by atoms with van der Waals surface area (Å²) >= 11 is 0. The lowest BCUT2D eigenvalue weighted by Gasteiger charge is -2.39. The van der Waals surface area contributed by atoms with E-state index < -0.39 is 0 Å². The number of fused-ring (bicyclic) bond motifs is 1. The van der Waals surface area contributed by atoms with Crippen molar-refractivity contribution in [3.05, 3.63) is 30.1 Å². The number of pyridine rings is 1. The SMILES string of the molecule is OC[C@@H]1CC[C@H]2[C@@H]1OCCN2Cc1cccnc1. The molecule has 0 unspecified atom stereocenters. The van der Waals surface area contributed by atoms with Crippen LogP contribution >= 0.6 is 0 Å². The van der Waals surface area contributed by atoms with E-state index >= 15 is 0 Å². The minimum atomic E-state index is 0.223. The molecule has 1 saturated heterocycles. The van der Waals surface area contributed by atoms with Crippen LogP contribution < -0.4 is 0 Å². The molecule has 0 amide bonds. The van der Waals surface area contributed by atoms with E-state index in [9.17, 15) is 5.11 Å². The lowest BCUT2D eigenvalue weighted by Crippen LogP contribution is -2.50. The van der Waals surface area contributed by atoms with Gasteiger partial charge in [-0.2, -0.15) is 0 Å². The van der Waals surface area contributed by atoms with Crippen molar-refractivity contribution < 1.29 is 9.84 Å². The number of ether oxygens (including phenoxy) is 1. The lowest BCUT2D eigenvalue weighted by molar-refractivity contribution is -0.0830. The summed E-state index contributed by atoms with van der Waals surface area (Å²) in [6.45, 7) is 2.95. The molecule has 3 atom stereocenters. The van der Waals surface area contributed by atoms with Gasteiger partial charge in [-0.05, 0) is 24.5 Å². The summed E-state index contributed by atoms with van der Waals surface area (Å²) in [4.78, 5) is 6.66. The first kappa shape index (κ1) is 12.1. The lowest BCUT2D eigenvalue weighted by atomic mass is 10.0. The molecule has 1 aliphatic heterocycles. The van der Waals surface area contributed by atoms with Gasteiger partial charge in [-0.3, -0.25) is 9.88 Å². The van der Waals surface area contributed by atoms with Crippen LogP contribution in [0.15, 0.2) is 24.5 Å². The van der Waals surface area contributed by atoms with Crippen LogP contribution in [0.1, 0.15) is 18.4 Å². The van der Waals surface area contributed by atoms with E-state index in [-0.39, 0.29) is 12.7 Å². The van der Waals surface area contributed by atoms with Crippen molar-refractivity contribution in [2.75, 3.05) is 19.8 Å². The average molecular weight is 248 g/mol. The Bertz CT molecular complexity index is 385. The third-order valence-corrected chi connectivity index (χ3v) is 4.18. The molecule has 1 saturated carbocycles. The first-order valence-electron chi connectivity index (χ1n) is 6.74. The van der Waals surface area contributed by atoms with Crippen LogP contribution in [0.2, 0.25) is 0 Å². The van der Waals surface area contributed by atoms with Crippen LogP contribution in [0.5, 0.6) is 0 Å². The Morgan fingerprint density at radius 2 is 2.39 bits per heavy atom. The van der Waals surface area contributed by atoms with Crippen molar-refractivity contribution in [1.29, 1.82) is 0 Å². The highest BCUT2D eigenvalue weighted by Gasteiger charge is 2.42. The van der Waals surface area contributed by atoms with Crippen LogP contribution in [-0.4, -0.2) is 46.9 Å². The molecule has 1 aromatic heterocycles. The van der Waals surface area contributed by atoms with Crippen molar-refractivity contribution >= 4 is 0 Å². The van der Waals surface area contributed by atoms with Crippen molar-refractivity contribution in [2.45, 2.75) is 31.5 Å². The highest BCUT2D eigenvalue weighted by molar-refractivity contribution is 5.09. The van der Waals surface area contributed by atoms with Crippen molar-refractivity contribution in [2.24, 2.45) is 5.92 Å². The quantitative estimate of drug-likeness (QED) is 0.868. The fourth-order valence-electron chi connectivity index (χ4n) is 3.25. The summed E-state index contributed by atoms with van der Waals surface area (Å²) in [5, 5.41) is 9.37. The Balaban J connectivity index is 1.69. The van der Waals surface area contributed by atoms with Gasteiger partial charge in [0.2, 0.25) is 0 Å². The third kappa shape index (κ3) is 2.28. The van der Waals surface area contributed by atoms with Gasteiger partial charge in [-0.1, -0.05) is 6.07 Å². The molecular weight excluding hydrogens is 228 g/mol. The molecule has 2 heterocycles. The van der Waals surface area contributed by atoms with Crippen molar-refractivity contribution in [3.63, 3.8) is 0 Å². The van der Waals surface area contributed by atoms with Gasteiger partial charge in [-0.15, -0.1) is 0 Å². The van der Waals surface area contributed by atoms with E-state index in [4.69, 9.17) is 4.74 Å². The standard InChI is InChI=1S/C14H20N2O2/c17-10-12-3-4-13-14(12)18-7-6-16(13)9-11-2-1-5-15-8-11/h1-2,5,8,12-14,17H,3-4,6-7,9-10H2/t12-,13-,14+/m0/s1. The smallest absolute Gasteiger partial charge is 0.0780 e. The predicted octanol–water partition coefficient (Wildman–Crippen LogP) is 1.05. The topological polar surface area (TPSA) is 45.6 Å². The third-order valence-electron chi connectivity index (χ3n) is 4.18. The second-order valence-electron chi connectivity index (χ2n) is 5.25. The number of aromatic nitrogens is 1. The number of morpholine rings is 1. The Hall–Kier alpha value is -0.970. The molecule has 2 aliphatic rings. The van der Waals surface area contributed by atoms with Crippen LogP contribution in [0, 0.1) is 5.92 Å². The van der Waals surface area contributed by atoms with Gasteiger partial charge in [-0.25, -0.2) is 0 Å². The maximum absolute atomic E-state index is 9.37. The highest BCUT2D eigenvalue weighted by atomic mass is 16.5. The fourth-order valence-corrected chi connectivity index (χ4v) is 3.25. The molecule has 0 radical (unpaired) electrons. The van der Waals surface area contributed by atoms with E-state index in [1.165, 1.54) is 5.56 Å². The summed E-state index contributed by atoms with van der Waals surface area (Å²) in [5.41, 5.74) is 1.26. The predicted molar refractivity (Wildman–Crippen MR) is 68.0 cm³/mol. The fraction of sp³-hybridized carbons (Fsp3) is 0.643. The van der Waals surface area contributed by atoms with E-state index in [1.54, 1.807) is 0 Å². The Morgan fingerprint density at radius 3 is 3.17 bits per heavy atom. The van der Waals surface area contributed by atoms with Gasteiger partial charge in [0.05, 0.1) is 12.7 Å². The minimum absolute atomic E-state index is 0.223. The first-order valence-corrected chi connectivity index (χ1v) is 6.74. The molecule has 0 bridgehead atoms. The Kier molecular flexibility index (Phi) is 3.59. The van der Waals surface area contributed by atoms with Crippen LogP contribution in [0.25, 0.3) is 0 Å². The normalized spacial score (nSPS) is 32.4. The number of aliphatic hydroxyl groups is 1. The van der Waals surface area contributed by atoms with Gasteiger partial charge >= 0.3 is 0 Å². The Morgan fingerprint density at radius 1 is 1.44 bits per heavy atom. The molecule has 3 rings (SSSR count). The van der Waals surface area contributed by atoms with Gasteiger partial charge in [0.1, 0.15) is 0 Å². The molecule has 4 heteroatoms. The largest absolute Gasteiger partial charge is 0.396 e. The van der Waals surface area contributed by atoms with E-state index in [0.717, 1.165) is 32.5 Å². The molecule has 18 heavy (non-hydrogen) atoms. The number of rotatable bonds is 3. The zero-order valence-electron chi connectivity index (χ0n) is 10.5. The van der Waals surface area contributed by atoms with Crippen molar-refractivity contribution in [1.82, 2.24) is 9.88 Å². The maximum atomic E-state index is 9.37. The number of nitrogens with zero attached hydrogens (tertiary/aromatic N) is 2. The zero-order chi connectivity index (χ0) is 12.4. The summed E-state index contributed by atoms with van der Waals surface area (Å²) in [5.74, 6) is 0.326. The van der Waals surface area contributed by atoms with Crippen LogP contribution in [0.3, 0.4) is 0 Å². The highest BCUT2D eigenvalue weighted by Crippen LogP contribution is 2.34. The average Bonchev–Trinajstić information content (AvgIpc) is 2.84. The summed E-state index contributed by atoms with van der Waals surface area (Å²) in [6.07, 6.45) is 6.18. The second-order valence-corrected chi connectivity index (χ2v) is 5.25. The van der Waals surface area contributed by atoms with Crippen molar-refractivity contribution in [3.8, 4) is 0 Å². The molecule has 98 valence electrons. The molecule has 4 nitrogen and oxygen atoms in total. The molecule has 0 spiro atoms. The summed E-state index contributed by atoms with van der Waals surface area (Å²) in [7, 11) is 0. The number of hydrogen-bond donors (Lipinski definition) is 1. The zero-order valence-corrected chi connectivity index (χ0v) is 10.5. The minimum Gasteiger partial charge on any atom is -0.396 e. The van der Waals surface area contributed by atoms with Gasteiger partial charge in [0.15, 0.2) is 0 Å². The summed E-state index contributed by atoms with van der Waals surface area (Å²) in [6, 6.07) is 4.57. The molecule has 1 aromatic rings.